The summed E-state index contributed by atoms with van der Waals surface area (Å²) in [6.07, 6.45) is 5.74. The number of likely N-dealkylation sites (tertiary alicyclic amines) is 1. The van der Waals surface area contributed by atoms with Gasteiger partial charge in [0.25, 0.3) is 0 Å². The smallest absolute Gasteiger partial charge is 0.321 e. The molecule has 0 aromatic carbocycles. The predicted octanol–water partition coefficient (Wildman–Crippen LogP) is 2.65. The highest BCUT2D eigenvalue weighted by atomic mass is 16.2. The highest BCUT2D eigenvalue weighted by Gasteiger charge is 2.21. The maximum atomic E-state index is 12.1. The molecule has 0 spiro atoms. The number of pyridine rings is 1. The molecule has 17 heavy (non-hydrogen) atoms. The summed E-state index contributed by atoms with van der Waals surface area (Å²) in [4.78, 5) is 18.0. The zero-order chi connectivity index (χ0) is 12.3. The van der Waals surface area contributed by atoms with E-state index in [0.29, 0.717) is 5.92 Å². The first-order chi connectivity index (χ1) is 8.16. The van der Waals surface area contributed by atoms with Gasteiger partial charge in [-0.05, 0) is 37.3 Å². The van der Waals surface area contributed by atoms with E-state index in [4.69, 9.17) is 0 Å². The minimum atomic E-state index is -0.00681. The molecule has 1 aromatic heterocycles. The number of hydrogen-bond donors (Lipinski definition) is 1. The van der Waals surface area contributed by atoms with Crippen LogP contribution in [0.2, 0.25) is 0 Å². The Bertz CT molecular complexity index is 405. The van der Waals surface area contributed by atoms with Gasteiger partial charge in [-0.25, -0.2) is 4.79 Å². The normalized spacial score (nSPS) is 20.1. The number of nitrogens with zero attached hydrogens (tertiary/aromatic N) is 2. The molecule has 1 aliphatic rings. The molecule has 2 amide bonds. The van der Waals surface area contributed by atoms with Crippen molar-refractivity contribution in [2.75, 3.05) is 18.4 Å². The summed E-state index contributed by atoms with van der Waals surface area (Å²) in [6.45, 7) is 5.87. The number of aromatic nitrogens is 1. The predicted molar refractivity (Wildman–Crippen MR) is 68.0 cm³/mol. The molecule has 0 aliphatic carbocycles. The first-order valence-corrected chi connectivity index (χ1v) is 6.13. The number of amides is 2. The number of urea groups is 1. The Morgan fingerprint density at radius 2 is 2.41 bits per heavy atom. The minimum Gasteiger partial charge on any atom is -0.324 e. The van der Waals surface area contributed by atoms with E-state index in [1.807, 2.05) is 17.9 Å². The second-order valence-corrected chi connectivity index (χ2v) is 4.81. The van der Waals surface area contributed by atoms with Gasteiger partial charge in [0.05, 0.1) is 11.9 Å². The average molecular weight is 233 g/mol. The standard InChI is InChI=1S/C13H19N3O/c1-10-4-3-7-16(9-10)13(17)15-12-8-14-6-5-11(12)2/h5-6,8,10H,3-4,7,9H2,1-2H3,(H,15,17). The maximum absolute atomic E-state index is 12.1. The molecule has 0 radical (unpaired) electrons. The van der Waals surface area contributed by atoms with Gasteiger partial charge in [0.2, 0.25) is 0 Å². The lowest BCUT2D eigenvalue weighted by Crippen LogP contribution is -2.41. The van der Waals surface area contributed by atoms with Crippen LogP contribution in [0.5, 0.6) is 0 Å². The first kappa shape index (κ1) is 11.9. The van der Waals surface area contributed by atoms with Crippen molar-refractivity contribution >= 4 is 11.7 Å². The van der Waals surface area contributed by atoms with Gasteiger partial charge in [0.1, 0.15) is 0 Å². The largest absolute Gasteiger partial charge is 0.324 e. The summed E-state index contributed by atoms with van der Waals surface area (Å²) >= 11 is 0. The second kappa shape index (κ2) is 5.17. The van der Waals surface area contributed by atoms with Crippen molar-refractivity contribution < 1.29 is 4.79 Å². The summed E-state index contributed by atoms with van der Waals surface area (Å²) in [5.74, 6) is 0.601. The Morgan fingerprint density at radius 1 is 1.59 bits per heavy atom. The maximum Gasteiger partial charge on any atom is 0.321 e. The van der Waals surface area contributed by atoms with Gasteiger partial charge >= 0.3 is 6.03 Å². The van der Waals surface area contributed by atoms with Crippen molar-refractivity contribution in [2.24, 2.45) is 5.92 Å². The third-order valence-electron chi connectivity index (χ3n) is 3.22. The summed E-state index contributed by atoms with van der Waals surface area (Å²) < 4.78 is 0. The highest BCUT2D eigenvalue weighted by Crippen LogP contribution is 2.17. The Labute approximate surface area is 102 Å². The van der Waals surface area contributed by atoms with Gasteiger partial charge in [-0.1, -0.05) is 6.92 Å². The van der Waals surface area contributed by atoms with Gasteiger partial charge in [0.15, 0.2) is 0 Å². The quantitative estimate of drug-likeness (QED) is 0.810. The number of aryl methyl sites for hydroxylation is 1. The molecule has 1 fully saturated rings. The van der Waals surface area contributed by atoms with E-state index in [0.717, 1.165) is 30.8 Å². The molecule has 92 valence electrons. The number of nitrogens with one attached hydrogen (secondary N) is 1. The molecule has 2 heterocycles. The molecule has 0 bridgehead atoms. The molecule has 1 atom stereocenters. The van der Waals surface area contributed by atoms with Crippen molar-refractivity contribution in [3.05, 3.63) is 24.0 Å². The van der Waals surface area contributed by atoms with Crippen molar-refractivity contribution in [1.82, 2.24) is 9.88 Å². The molecule has 0 saturated carbocycles. The monoisotopic (exact) mass is 233 g/mol. The Kier molecular flexibility index (Phi) is 3.61. The second-order valence-electron chi connectivity index (χ2n) is 4.81. The number of rotatable bonds is 1. The lowest BCUT2D eigenvalue weighted by molar-refractivity contribution is 0.182. The molecule has 1 N–H and O–H groups in total. The molecular formula is C13H19N3O. The molecule has 4 heteroatoms. The van der Waals surface area contributed by atoms with Crippen LogP contribution in [0.25, 0.3) is 0 Å². The van der Waals surface area contributed by atoms with Crippen LogP contribution < -0.4 is 5.32 Å². The van der Waals surface area contributed by atoms with Crippen LogP contribution in [-0.4, -0.2) is 29.0 Å². The zero-order valence-electron chi connectivity index (χ0n) is 10.4. The minimum absolute atomic E-state index is 0.00681. The summed E-state index contributed by atoms with van der Waals surface area (Å²) in [5.41, 5.74) is 1.84. The Morgan fingerprint density at radius 3 is 3.12 bits per heavy atom. The van der Waals surface area contributed by atoms with Gasteiger partial charge in [-0.3, -0.25) is 4.98 Å². The molecule has 4 nitrogen and oxygen atoms in total. The van der Waals surface area contributed by atoms with Crippen LogP contribution in [0.4, 0.5) is 10.5 Å². The van der Waals surface area contributed by atoms with Crippen LogP contribution >= 0.6 is 0 Å². The molecule has 2 rings (SSSR count). The lowest BCUT2D eigenvalue weighted by Gasteiger charge is -2.31. The fourth-order valence-corrected chi connectivity index (χ4v) is 2.16. The number of carbonyl (C=O) groups excluding carboxylic acids is 1. The summed E-state index contributed by atoms with van der Waals surface area (Å²) in [7, 11) is 0. The van der Waals surface area contributed by atoms with Gasteiger partial charge in [0, 0.05) is 19.3 Å². The Balaban J connectivity index is 1.99. The van der Waals surface area contributed by atoms with Gasteiger partial charge in [-0.15, -0.1) is 0 Å². The van der Waals surface area contributed by atoms with Gasteiger partial charge < -0.3 is 10.2 Å². The van der Waals surface area contributed by atoms with Gasteiger partial charge in [-0.2, -0.15) is 0 Å². The number of anilines is 1. The van der Waals surface area contributed by atoms with Crippen molar-refractivity contribution in [2.45, 2.75) is 26.7 Å². The molecular weight excluding hydrogens is 214 g/mol. The first-order valence-electron chi connectivity index (χ1n) is 6.13. The fraction of sp³-hybridized carbons (Fsp3) is 0.538. The van der Waals surface area contributed by atoms with Crippen LogP contribution in [0, 0.1) is 12.8 Å². The summed E-state index contributed by atoms with van der Waals surface area (Å²) in [5, 5.41) is 2.92. The van der Waals surface area contributed by atoms with Crippen molar-refractivity contribution in [3.8, 4) is 0 Å². The lowest BCUT2D eigenvalue weighted by atomic mass is 10.0. The van der Waals surface area contributed by atoms with Crippen LogP contribution in [0.3, 0.4) is 0 Å². The van der Waals surface area contributed by atoms with Crippen LogP contribution in [0.1, 0.15) is 25.3 Å². The number of hydrogen-bond acceptors (Lipinski definition) is 2. The van der Waals surface area contributed by atoms with E-state index in [2.05, 4.69) is 17.2 Å². The van der Waals surface area contributed by atoms with E-state index in [-0.39, 0.29) is 6.03 Å². The molecule has 1 saturated heterocycles. The van der Waals surface area contributed by atoms with E-state index in [9.17, 15) is 4.79 Å². The zero-order valence-corrected chi connectivity index (χ0v) is 10.4. The highest BCUT2D eigenvalue weighted by molar-refractivity contribution is 5.89. The summed E-state index contributed by atoms with van der Waals surface area (Å²) in [6, 6.07) is 1.89. The van der Waals surface area contributed by atoms with Crippen molar-refractivity contribution in [1.29, 1.82) is 0 Å². The van der Waals surface area contributed by atoms with Crippen molar-refractivity contribution in [3.63, 3.8) is 0 Å². The Hall–Kier alpha value is -1.58. The average Bonchev–Trinajstić information content (AvgIpc) is 2.32. The number of piperidine rings is 1. The van der Waals surface area contributed by atoms with Crippen LogP contribution in [0.15, 0.2) is 18.5 Å². The van der Waals surface area contributed by atoms with E-state index in [1.165, 1.54) is 6.42 Å². The molecule has 1 unspecified atom stereocenters. The van der Waals surface area contributed by atoms with E-state index >= 15 is 0 Å². The number of carbonyl (C=O) groups is 1. The van der Waals surface area contributed by atoms with Crippen LogP contribution in [-0.2, 0) is 0 Å². The molecule has 1 aromatic rings. The third kappa shape index (κ3) is 2.96. The topological polar surface area (TPSA) is 45.2 Å². The molecule has 1 aliphatic heterocycles. The van der Waals surface area contributed by atoms with E-state index < -0.39 is 0 Å². The SMILES string of the molecule is Cc1ccncc1NC(=O)N1CCCC(C)C1. The third-order valence-corrected chi connectivity index (χ3v) is 3.22. The fourth-order valence-electron chi connectivity index (χ4n) is 2.16. The van der Waals surface area contributed by atoms with E-state index in [1.54, 1.807) is 12.4 Å².